The Bertz CT molecular complexity index is 1480. The van der Waals surface area contributed by atoms with Crippen molar-refractivity contribution in [1.82, 2.24) is 9.80 Å². The molecule has 204 valence electrons. The third kappa shape index (κ3) is 4.82. The Hall–Kier alpha value is -4.01. The number of hydrogen-bond acceptors (Lipinski definition) is 7. The number of piperidine rings is 3. The number of hydrogen-bond donors (Lipinski definition) is 0. The monoisotopic (exact) mass is 532 g/mol. The second-order valence-corrected chi connectivity index (χ2v) is 10.7. The molecule has 3 saturated heterocycles. The average molecular weight is 533 g/mol. The Morgan fingerprint density at radius 1 is 1.00 bits per heavy atom. The van der Waals surface area contributed by atoms with E-state index in [1.165, 1.54) is 0 Å². The summed E-state index contributed by atoms with van der Waals surface area (Å²) in [7, 11) is 3.10. The summed E-state index contributed by atoms with van der Waals surface area (Å²) in [5.41, 5.74) is 0.948. The van der Waals surface area contributed by atoms with Crippen LogP contribution in [0.4, 0.5) is 0 Å². The van der Waals surface area contributed by atoms with Gasteiger partial charge in [-0.1, -0.05) is 6.07 Å². The van der Waals surface area contributed by atoms with Crippen LogP contribution in [-0.2, 0) is 9.59 Å². The van der Waals surface area contributed by atoms with Gasteiger partial charge in [0.05, 0.1) is 19.8 Å². The third-order valence-electron chi connectivity index (χ3n) is 8.30. The van der Waals surface area contributed by atoms with Gasteiger partial charge in [-0.05, 0) is 67.0 Å². The molecule has 2 amide bonds. The number of nitrogens with zero attached hydrogens (tertiary/aromatic N) is 2. The van der Waals surface area contributed by atoms with E-state index in [1.807, 2.05) is 11.0 Å². The zero-order chi connectivity index (χ0) is 27.1. The van der Waals surface area contributed by atoms with E-state index < -0.39 is 5.63 Å². The summed E-state index contributed by atoms with van der Waals surface area (Å²) in [6, 6.07) is 12.5. The number of fused-ring (bicyclic) bond motifs is 5. The fourth-order valence-corrected chi connectivity index (χ4v) is 6.44. The highest BCUT2D eigenvalue weighted by Crippen LogP contribution is 2.38. The van der Waals surface area contributed by atoms with E-state index in [1.54, 1.807) is 50.6 Å². The van der Waals surface area contributed by atoms with Gasteiger partial charge in [-0.15, -0.1) is 0 Å². The Balaban J connectivity index is 1.14. The first-order chi connectivity index (χ1) is 18.9. The predicted octanol–water partition coefficient (Wildman–Crippen LogP) is 3.72. The van der Waals surface area contributed by atoms with Crippen molar-refractivity contribution in [2.24, 2.45) is 11.8 Å². The maximum atomic E-state index is 13.1. The van der Waals surface area contributed by atoms with Gasteiger partial charge in [0, 0.05) is 43.5 Å². The molecule has 9 nitrogen and oxygen atoms in total. The van der Waals surface area contributed by atoms with Crippen molar-refractivity contribution in [3.8, 4) is 28.4 Å². The molecule has 3 atom stereocenters. The van der Waals surface area contributed by atoms with Crippen molar-refractivity contribution in [3.63, 3.8) is 0 Å². The van der Waals surface area contributed by atoms with E-state index >= 15 is 0 Å². The SMILES string of the molecule is COc1ccc(-c2cc3ccc(OCC(=O)N4C[C@H]5C[C@@H](C4)[C@@H]4CCCC(=O)N4C5)cc3oc2=O)cc1OC. The van der Waals surface area contributed by atoms with Crippen molar-refractivity contribution in [1.29, 1.82) is 0 Å². The van der Waals surface area contributed by atoms with Crippen molar-refractivity contribution in [2.45, 2.75) is 31.7 Å². The zero-order valence-electron chi connectivity index (χ0n) is 22.2. The lowest BCUT2D eigenvalue weighted by Crippen LogP contribution is -2.61. The third-order valence-corrected chi connectivity index (χ3v) is 8.30. The minimum absolute atomic E-state index is 0.0642. The maximum Gasteiger partial charge on any atom is 0.344 e. The molecular weight excluding hydrogens is 500 g/mol. The van der Waals surface area contributed by atoms with Crippen molar-refractivity contribution < 1.29 is 28.2 Å². The van der Waals surface area contributed by atoms with Gasteiger partial charge in [0.1, 0.15) is 11.3 Å². The first kappa shape index (κ1) is 25.3. The summed E-state index contributed by atoms with van der Waals surface area (Å²) in [6.07, 6.45) is 3.69. The maximum absolute atomic E-state index is 13.1. The van der Waals surface area contributed by atoms with Gasteiger partial charge in [0.2, 0.25) is 5.91 Å². The first-order valence-corrected chi connectivity index (χ1v) is 13.4. The van der Waals surface area contributed by atoms with Gasteiger partial charge >= 0.3 is 5.63 Å². The van der Waals surface area contributed by atoms with Crippen LogP contribution in [0.15, 0.2) is 51.7 Å². The van der Waals surface area contributed by atoms with Crippen LogP contribution < -0.4 is 19.8 Å². The van der Waals surface area contributed by atoms with Crippen molar-refractivity contribution >= 4 is 22.8 Å². The molecule has 3 aliphatic rings. The molecule has 0 unspecified atom stereocenters. The molecule has 0 saturated carbocycles. The summed E-state index contributed by atoms with van der Waals surface area (Å²) >= 11 is 0. The smallest absolute Gasteiger partial charge is 0.344 e. The largest absolute Gasteiger partial charge is 0.493 e. The molecule has 0 N–H and O–H groups in total. The van der Waals surface area contributed by atoms with Crippen LogP contribution >= 0.6 is 0 Å². The van der Waals surface area contributed by atoms with E-state index in [2.05, 4.69) is 4.90 Å². The summed E-state index contributed by atoms with van der Waals surface area (Å²) < 4.78 is 22.1. The Labute approximate surface area is 226 Å². The zero-order valence-corrected chi connectivity index (χ0v) is 22.2. The summed E-state index contributed by atoms with van der Waals surface area (Å²) in [4.78, 5) is 42.2. The topological polar surface area (TPSA) is 98.5 Å². The number of likely N-dealkylation sites (tertiary alicyclic amines) is 1. The molecule has 2 aromatic carbocycles. The van der Waals surface area contributed by atoms with E-state index in [0.717, 1.165) is 31.2 Å². The quantitative estimate of drug-likeness (QED) is 0.447. The fraction of sp³-hybridized carbons (Fsp3) is 0.433. The molecule has 4 heterocycles. The lowest BCUT2D eigenvalue weighted by molar-refractivity contribution is -0.149. The minimum Gasteiger partial charge on any atom is -0.493 e. The Kier molecular flexibility index (Phi) is 6.66. The fourth-order valence-electron chi connectivity index (χ4n) is 6.44. The van der Waals surface area contributed by atoms with Crippen LogP contribution in [0.5, 0.6) is 17.2 Å². The van der Waals surface area contributed by atoms with Crippen molar-refractivity contribution in [3.05, 3.63) is 52.9 Å². The highest BCUT2D eigenvalue weighted by molar-refractivity contribution is 5.83. The minimum atomic E-state index is -0.488. The molecule has 3 aromatic rings. The van der Waals surface area contributed by atoms with Crippen LogP contribution in [0.1, 0.15) is 25.7 Å². The van der Waals surface area contributed by atoms with Crippen molar-refractivity contribution in [2.75, 3.05) is 40.5 Å². The number of rotatable bonds is 6. The normalized spacial score (nSPS) is 22.4. The van der Waals surface area contributed by atoms with E-state index in [0.29, 0.717) is 65.3 Å². The highest BCUT2D eigenvalue weighted by atomic mass is 16.5. The number of carbonyl (C=O) groups is 2. The van der Waals surface area contributed by atoms with E-state index in [-0.39, 0.29) is 24.5 Å². The highest BCUT2D eigenvalue weighted by Gasteiger charge is 2.44. The van der Waals surface area contributed by atoms with Gasteiger partial charge in [0.15, 0.2) is 18.1 Å². The average Bonchev–Trinajstić information content (AvgIpc) is 2.95. The lowest BCUT2D eigenvalue weighted by Gasteiger charge is -2.52. The van der Waals surface area contributed by atoms with Crippen LogP contribution in [0.3, 0.4) is 0 Å². The molecule has 0 aliphatic carbocycles. The molecule has 39 heavy (non-hydrogen) atoms. The second kappa shape index (κ2) is 10.3. The standard InChI is InChI=1S/C30H32N2O7/c1-36-25-9-7-19(12-27(25)37-2)23-11-20-6-8-22(13-26(20)39-30(23)35)38-17-29(34)31-14-18-10-21(16-31)24-4-3-5-28(33)32(24)15-18/h6-9,11-13,18,21,24H,3-5,10,14-17H2,1-2H3/t18-,21+,24+/m1/s1. The Morgan fingerprint density at radius 3 is 2.67 bits per heavy atom. The second-order valence-electron chi connectivity index (χ2n) is 10.7. The molecule has 2 bridgehead atoms. The molecule has 0 radical (unpaired) electrons. The molecule has 3 aliphatic heterocycles. The number of carbonyl (C=O) groups excluding carboxylic acids is 2. The number of benzene rings is 2. The van der Waals surface area contributed by atoms with Gasteiger partial charge in [-0.3, -0.25) is 9.59 Å². The Morgan fingerprint density at radius 2 is 1.85 bits per heavy atom. The van der Waals surface area contributed by atoms with E-state index in [9.17, 15) is 14.4 Å². The van der Waals surface area contributed by atoms with Crippen LogP contribution in [0.2, 0.25) is 0 Å². The molecule has 9 heteroatoms. The lowest BCUT2D eigenvalue weighted by atomic mass is 9.76. The molecule has 1 aromatic heterocycles. The van der Waals surface area contributed by atoms with Gasteiger partial charge in [-0.2, -0.15) is 0 Å². The summed E-state index contributed by atoms with van der Waals surface area (Å²) in [5.74, 6) is 2.40. The summed E-state index contributed by atoms with van der Waals surface area (Å²) in [5, 5.41) is 0.730. The van der Waals surface area contributed by atoms with Gasteiger partial charge < -0.3 is 28.4 Å². The van der Waals surface area contributed by atoms with Gasteiger partial charge in [0.25, 0.3) is 5.91 Å². The van der Waals surface area contributed by atoms with Crippen LogP contribution in [0, 0.1) is 11.8 Å². The number of amides is 2. The van der Waals surface area contributed by atoms with Gasteiger partial charge in [-0.25, -0.2) is 4.79 Å². The first-order valence-electron chi connectivity index (χ1n) is 13.4. The predicted molar refractivity (Wildman–Crippen MR) is 144 cm³/mol. The number of methoxy groups -OCH3 is 2. The molecule has 6 rings (SSSR count). The van der Waals surface area contributed by atoms with Crippen LogP contribution in [0.25, 0.3) is 22.1 Å². The molecular formula is C30H32N2O7. The van der Waals surface area contributed by atoms with Crippen LogP contribution in [-0.4, -0.2) is 68.1 Å². The molecule has 0 spiro atoms. The molecule has 3 fully saturated rings. The summed E-state index contributed by atoms with van der Waals surface area (Å²) in [6.45, 7) is 1.98. The van der Waals surface area contributed by atoms with E-state index in [4.69, 9.17) is 18.6 Å². The number of ether oxygens (including phenoxy) is 3.